The zero-order valence-corrected chi connectivity index (χ0v) is 17.2. The first kappa shape index (κ1) is 19.7. The molecule has 5 nitrogen and oxygen atoms in total. The van der Waals surface area contributed by atoms with Crippen molar-refractivity contribution in [2.24, 2.45) is 0 Å². The second-order valence-electron chi connectivity index (χ2n) is 7.66. The maximum atomic E-state index is 12.9. The van der Waals surface area contributed by atoms with E-state index in [0.717, 1.165) is 40.0 Å². The fraction of sp³-hybridized carbons (Fsp3) is 0.200. The number of urea groups is 1. The van der Waals surface area contributed by atoms with Crippen LogP contribution in [-0.4, -0.2) is 18.5 Å². The number of hydrogen-bond donors (Lipinski definition) is 2. The van der Waals surface area contributed by atoms with Crippen LogP contribution in [0.3, 0.4) is 0 Å². The Morgan fingerprint density at radius 1 is 0.967 bits per heavy atom. The third kappa shape index (κ3) is 4.20. The minimum Gasteiger partial charge on any atom is -0.334 e. The molecule has 0 aliphatic carbocycles. The predicted octanol–water partition coefficient (Wildman–Crippen LogP) is 4.83. The highest BCUT2D eigenvalue weighted by molar-refractivity contribution is 6.07. The lowest BCUT2D eigenvalue weighted by Gasteiger charge is -2.18. The molecule has 3 aromatic rings. The van der Waals surface area contributed by atoms with Crippen LogP contribution in [0, 0.1) is 13.8 Å². The molecule has 0 aromatic heterocycles. The number of anilines is 2. The zero-order chi connectivity index (χ0) is 21.1. The normalized spacial score (nSPS) is 12.4. The van der Waals surface area contributed by atoms with E-state index >= 15 is 0 Å². The number of hydrogen-bond acceptors (Lipinski definition) is 2. The van der Waals surface area contributed by atoms with Crippen molar-refractivity contribution in [3.05, 3.63) is 94.5 Å². The van der Waals surface area contributed by atoms with Gasteiger partial charge in [-0.25, -0.2) is 4.79 Å². The van der Waals surface area contributed by atoms with E-state index in [1.54, 1.807) is 0 Å². The number of fused-ring (bicyclic) bond motifs is 1. The van der Waals surface area contributed by atoms with Crippen molar-refractivity contribution in [2.45, 2.75) is 26.8 Å². The van der Waals surface area contributed by atoms with Crippen molar-refractivity contribution < 1.29 is 9.59 Å². The Morgan fingerprint density at radius 3 is 2.53 bits per heavy atom. The Balaban J connectivity index is 1.43. The second kappa shape index (κ2) is 8.41. The largest absolute Gasteiger partial charge is 0.334 e. The van der Waals surface area contributed by atoms with Crippen LogP contribution in [0.5, 0.6) is 0 Å². The molecule has 1 aliphatic rings. The van der Waals surface area contributed by atoms with Gasteiger partial charge in [0.15, 0.2) is 0 Å². The molecule has 0 radical (unpaired) electrons. The summed E-state index contributed by atoms with van der Waals surface area (Å²) in [6.45, 7) is 5.06. The average molecular weight is 399 g/mol. The fourth-order valence-electron chi connectivity index (χ4n) is 3.78. The minimum atomic E-state index is -0.250. The quantitative estimate of drug-likeness (QED) is 0.660. The van der Waals surface area contributed by atoms with Crippen LogP contribution >= 0.6 is 0 Å². The molecule has 0 bridgehead atoms. The van der Waals surface area contributed by atoms with E-state index in [2.05, 4.69) is 10.6 Å². The third-order valence-electron chi connectivity index (χ3n) is 5.39. The number of rotatable bonds is 4. The summed E-state index contributed by atoms with van der Waals surface area (Å²) in [6.07, 6.45) is 0.842. The van der Waals surface area contributed by atoms with Gasteiger partial charge in [-0.05, 0) is 61.2 Å². The maximum absolute atomic E-state index is 12.9. The molecular weight excluding hydrogens is 374 g/mol. The Morgan fingerprint density at radius 2 is 1.77 bits per heavy atom. The van der Waals surface area contributed by atoms with Gasteiger partial charge in [-0.2, -0.15) is 0 Å². The van der Waals surface area contributed by atoms with Gasteiger partial charge < -0.3 is 15.5 Å². The van der Waals surface area contributed by atoms with Gasteiger partial charge in [0, 0.05) is 30.0 Å². The number of nitrogens with zero attached hydrogens (tertiary/aromatic N) is 1. The molecule has 2 N–H and O–H groups in total. The van der Waals surface area contributed by atoms with E-state index in [0.29, 0.717) is 18.7 Å². The van der Waals surface area contributed by atoms with Crippen molar-refractivity contribution in [3.8, 4) is 0 Å². The third-order valence-corrected chi connectivity index (χ3v) is 5.39. The highest BCUT2D eigenvalue weighted by atomic mass is 16.2. The SMILES string of the molecule is Cc1ccc(NC(=O)NCc2ccc3c(c2)N(C(=O)c2ccccc2)CC3)c(C)c1. The first-order valence-corrected chi connectivity index (χ1v) is 10.1. The van der Waals surface area contributed by atoms with Crippen LogP contribution < -0.4 is 15.5 Å². The first-order chi connectivity index (χ1) is 14.5. The molecule has 0 fully saturated rings. The number of aryl methyl sites for hydroxylation is 2. The highest BCUT2D eigenvalue weighted by Gasteiger charge is 2.25. The van der Waals surface area contributed by atoms with Crippen molar-refractivity contribution in [1.29, 1.82) is 0 Å². The molecular formula is C25H25N3O2. The van der Waals surface area contributed by atoms with Crippen molar-refractivity contribution >= 4 is 23.3 Å². The summed E-state index contributed by atoms with van der Waals surface area (Å²) in [4.78, 5) is 27.0. The molecule has 5 heteroatoms. The molecule has 4 rings (SSSR count). The Kier molecular flexibility index (Phi) is 5.53. The fourth-order valence-corrected chi connectivity index (χ4v) is 3.78. The molecule has 1 heterocycles. The van der Waals surface area contributed by atoms with E-state index in [1.807, 2.05) is 85.5 Å². The van der Waals surface area contributed by atoms with Gasteiger partial charge in [0.2, 0.25) is 0 Å². The topological polar surface area (TPSA) is 61.4 Å². The lowest BCUT2D eigenvalue weighted by atomic mass is 10.1. The number of benzene rings is 3. The van der Waals surface area contributed by atoms with Gasteiger partial charge in [-0.1, -0.05) is 48.0 Å². The smallest absolute Gasteiger partial charge is 0.319 e. The zero-order valence-electron chi connectivity index (χ0n) is 17.2. The van der Waals surface area contributed by atoms with Crippen molar-refractivity contribution in [3.63, 3.8) is 0 Å². The van der Waals surface area contributed by atoms with Crippen LogP contribution in [-0.2, 0) is 13.0 Å². The number of carbonyl (C=O) groups excluding carboxylic acids is 2. The van der Waals surface area contributed by atoms with Crippen molar-refractivity contribution in [1.82, 2.24) is 5.32 Å². The lowest BCUT2D eigenvalue weighted by Crippen LogP contribution is -2.29. The lowest BCUT2D eigenvalue weighted by molar-refractivity contribution is 0.0989. The molecule has 0 atom stereocenters. The summed E-state index contributed by atoms with van der Waals surface area (Å²) >= 11 is 0. The number of carbonyl (C=O) groups is 2. The van der Waals surface area contributed by atoms with Crippen LogP contribution in [0.1, 0.15) is 32.6 Å². The summed E-state index contributed by atoms with van der Waals surface area (Å²) in [7, 11) is 0. The highest BCUT2D eigenvalue weighted by Crippen LogP contribution is 2.30. The monoisotopic (exact) mass is 399 g/mol. The molecule has 3 aromatic carbocycles. The Bertz CT molecular complexity index is 1090. The molecule has 30 heavy (non-hydrogen) atoms. The van der Waals surface area contributed by atoms with E-state index in [9.17, 15) is 9.59 Å². The van der Waals surface area contributed by atoms with Crippen LogP contribution in [0.25, 0.3) is 0 Å². The second-order valence-corrected chi connectivity index (χ2v) is 7.66. The Labute approximate surface area is 176 Å². The predicted molar refractivity (Wildman–Crippen MR) is 120 cm³/mol. The molecule has 1 aliphatic heterocycles. The molecule has 152 valence electrons. The van der Waals surface area contributed by atoms with Crippen LogP contribution in [0.4, 0.5) is 16.2 Å². The van der Waals surface area contributed by atoms with E-state index < -0.39 is 0 Å². The van der Waals surface area contributed by atoms with Gasteiger partial charge in [0.1, 0.15) is 0 Å². The van der Waals surface area contributed by atoms with Crippen LogP contribution in [0.15, 0.2) is 66.7 Å². The Hall–Kier alpha value is -3.60. The van der Waals surface area contributed by atoms with Gasteiger partial charge in [0.05, 0.1) is 0 Å². The van der Waals surface area contributed by atoms with Gasteiger partial charge in [-0.3, -0.25) is 4.79 Å². The van der Waals surface area contributed by atoms with E-state index in [-0.39, 0.29) is 11.9 Å². The van der Waals surface area contributed by atoms with E-state index in [1.165, 1.54) is 0 Å². The molecule has 0 saturated carbocycles. The minimum absolute atomic E-state index is 0.00653. The first-order valence-electron chi connectivity index (χ1n) is 10.1. The summed E-state index contributed by atoms with van der Waals surface area (Å²) in [5.41, 5.74) is 6.70. The molecule has 0 spiro atoms. The summed E-state index contributed by atoms with van der Waals surface area (Å²) < 4.78 is 0. The maximum Gasteiger partial charge on any atom is 0.319 e. The molecule has 3 amide bonds. The summed E-state index contributed by atoms with van der Waals surface area (Å²) in [6, 6.07) is 21.0. The summed E-state index contributed by atoms with van der Waals surface area (Å²) in [5, 5.41) is 5.80. The average Bonchev–Trinajstić information content (AvgIpc) is 3.17. The van der Waals surface area contributed by atoms with Crippen LogP contribution in [0.2, 0.25) is 0 Å². The van der Waals surface area contributed by atoms with E-state index in [4.69, 9.17) is 0 Å². The summed E-state index contributed by atoms with van der Waals surface area (Å²) in [5.74, 6) is 0.00653. The standard InChI is InChI=1S/C25H25N3O2/c1-17-8-11-22(18(2)14-17)27-25(30)26-16-19-9-10-20-12-13-28(23(20)15-19)24(29)21-6-4-3-5-7-21/h3-11,14-15H,12-13,16H2,1-2H3,(H2,26,27,30). The number of amides is 3. The van der Waals surface area contributed by atoms with Crippen molar-refractivity contribution in [2.75, 3.05) is 16.8 Å². The number of nitrogens with one attached hydrogen (secondary N) is 2. The van der Waals surface area contributed by atoms with Gasteiger partial charge in [0.25, 0.3) is 5.91 Å². The molecule has 0 saturated heterocycles. The van der Waals surface area contributed by atoms with Gasteiger partial charge in [-0.15, -0.1) is 0 Å². The van der Waals surface area contributed by atoms with Gasteiger partial charge >= 0.3 is 6.03 Å². The molecule has 0 unspecified atom stereocenters.